The van der Waals surface area contributed by atoms with Crippen molar-refractivity contribution in [2.24, 2.45) is 0 Å². The summed E-state index contributed by atoms with van der Waals surface area (Å²) in [5.41, 5.74) is 1.14. The molecule has 0 bridgehead atoms. The molecule has 2 rings (SSSR count). The number of carbonyl (C=O) groups excluding carboxylic acids is 1. The quantitative estimate of drug-likeness (QED) is 0.882. The SMILES string of the molecule is Cc1ccc(N2C[C@@H](C)N(C(=O)C(C)O)[C@@H](C)C2)nc1. The van der Waals surface area contributed by atoms with Crippen LogP contribution in [0.5, 0.6) is 0 Å². The summed E-state index contributed by atoms with van der Waals surface area (Å²) in [4.78, 5) is 20.5. The summed E-state index contributed by atoms with van der Waals surface area (Å²) in [6.45, 7) is 9.03. The van der Waals surface area contributed by atoms with E-state index in [0.29, 0.717) is 0 Å². The molecule has 2 heterocycles. The average molecular weight is 277 g/mol. The van der Waals surface area contributed by atoms with E-state index in [1.54, 1.807) is 4.90 Å². The Morgan fingerprint density at radius 3 is 2.40 bits per heavy atom. The minimum Gasteiger partial charge on any atom is -0.384 e. The molecule has 1 aromatic heterocycles. The van der Waals surface area contributed by atoms with Crippen molar-refractivity contribution in [3.05, 3.63) is 23.9 Å². The van der Waals surface area contributed by atoms with Gasteiger partial charge in [-0.1, -0.05) is 6.07 Å². The van der Waals surface area contributed by atoms with Gasteiger partial charge in [0.05, 0.1) is 0 Å². The molecule has 5 heteroatoms. The summed E-state index contributed by atoms with van der Waals surface area (Å²) in [6, 6.07) is 4.18. The predicted molar refractivity (Wildman–Crippen MR) is 78.6 cm³/mol. The van der Waals surface area contributed by atoms with Gasteiger partial charge in [-0.05, 0) is 39.3 Å². The maximum atomic E-state index is 12.0. The minimum atomic E-state index is -0.941. The van der Waals surface area contributed by atoms with E-state index < -0.39 is 6.10 Å². The van der Waals surface area contributed by atoms with E-state index in [0.717, 1.165) is 24.5 Å². The van der Waals surface area contributed by atoms with Crippen LogP contribution in [0.15, 0.2) is 18.3 Å². The zero-order valence-corrected chi connectivity index (χ0v) is 12.6. The number of aromatic nitrogens is 1. The molecule has 5 nitrogen and oxygen atoms in total. The number of piperazine rings is 1. The van der Waals surface area contributed by atoms with Gasteiger partial charge < -0.3 is 14.9 Å². The van der Waals surface area contributed by atoms with Crippen molar-refractivity contribution in [3.8, 4) is 0 Å². The zero-order valence-electron chi connectivity index (χ0n) is 12.6. The van der Waals surface area contributed by atoms with Crippen molar-refractivity contribution in [2.75, 3.05) is 18.0 Å². The lowest BCUT2D eigenvalue weighted by Crippen LogP contribution is -2.60. The first kappa shape index (κ1) is 14.8. The van der Waals surface area contributed by atoms with Crippen molar-refractivity contribution in [2.45, 2.75) is 45.9 Å². The van der Waals surface area contributed by atoms with Crippen LogP contribution in [0, 0.1) is 6.92 Å². The third-order valence-electron chi connectivity index (χ3n) is 3.75. The average Bonchev–Trinajstić information content (AvgIpc) is 2.38. The molecule has 1 fully saturated rings. The van der Waals surface area contributed by atoms with Crippen LogP contribution in [0.1, 0.15) is 26.3 Å². The number of pyridine rings is 1. The topological polar surface area (TPSA) is 56.7 Å². The second-order valence-electron chi connectivity index (χ2n) is 5.72. The normalized spacial score (nSPS) is 24.6. The fraction of sp³-hybridized carbons (Fsp3) is 0.600. The van der Waals surface area contributed by atoms with Crippen LogP contribution in [0.3, 0.4) is 0 Å². The van der Waals surface area contributed by atoms with E-state index >= 15 is 0 Å². The molecular formula is C15H23N3O2. The molecule has 20 heavy (non-hydrogen) atoms. The molecule has 1 amide bonds. The monoisotopic (exact) mass is 277 g/mol. The number of anilines is 1. The van der Waals surface area contributed by atoms with Gasteiger partial charge >= 0.3 is 0 Å². The highest BCUT2D eigenvalue weighted by atomic mass is 16.3. The van der Waals surface area contributed by atoms with E-state index in [9.17, 15) is 9.90 Å². The second kappa shape index (κ2) is 5.79. The van der Waals surface area contributed by atoms with Crippen LogP contribution in [0.4, 0.5) is 5.82 Å². The fourth-order valence-electron chi connectivity index (χ4n) is 2.81. The Morgan fingerprint density at radius 1 is 1.35 bits per heavy atom. The molecule has 1 saturated heterocycles. The van der Waals surface area contributed by atoms with Crippen LogP contribution >= 0.6 is 0 Å². The fourth-order valence-corrected chi connectivity index (χ4v) is 2.81. The van der Waals surface area contributed by atoms with E-state index in [-0.39, 0.29) is 18.0 Å². The highest BCUT2D eigenvalue weighted by Crippen LogP contribution is 2.21. The minimum absolute atomic E-state index is 0.0592. The number of aliphatic hydroxyl groups is 1. The first-order chi connectivity index (χ1) is 9.40. The lowest BCUT2D eigenvalue weighted by molar-refractivity contribution is -0.144. The molecule has 0 radical (unpaired) electrons. The number of carbonyl (C=O) groups is 1. The van der Waals surface area contributed by atoms with Gasteiger partial charge in [0.2, 0.25) is 0 Å². The highest BCUT2D eigenvalue weighted by Gasteiger charge is 2.34. The van der Waals surface area contributed by atoms with Crippen molar-refractivity contribution in [1.29, 1.82) is 0 Å². The molecule has 0 aliphatic carbocycles. The second-order valence-corrected chi connectivity index (χ2v) is 5.72. The highest BCUT2D eigenvalue weighted by molar-refractivity contribution is 5.81. The maximum Gasteiger partial charge on any atom is 0.251 e. The third kappa shape index (κ3) is 2.93. The van der Waals surface area contributed by atoms with Gasteiger partial charge in [-0.25, -0.2) is 4.98 Å². The number of hydrogen-bond donors (Lipinski definition) is 1. The molecule has 1 unspecified atom stereocenters. The number of rotatable bonds is 2. The molecule has 1 aliphatic rings. The zero-order chi connectivity index (χ0) is 14.9. The van der Waals surface area contributed by atoms with Gasteiger partial charge in [0.25, 0.3) is 5.91 Å². The van der Waals surface area contributed by atoms with Gasteiger partial charge in [-0.3, -0.25) is 4.79 Å². The molecule has 110 valence electrons. The Hall–Kier alpha value is -1.62. The van der Waals surface area contributed by atoms with E-state index in [1.807, 2.05) is 39.1 Å². The first-order valence-electron chi connectivity index (χ1n) is 7.08. The van der Waals surface area contributed by atoms with Crippen LogP contribution in [-0.2, 0) is 4.79 Å². The number of nitrogens with zero attached hydrogens (tertiary/aromatic N) is 3. The number of hydrogen-bond acceptors (Lipinski definition) is 4. The number of amides is 1. The summed E-state index contributed by atoms with van der Waals surface area (Å²) in [5.74, 6) is 0.750. The van der Waals surface area contributed by atoms with E-state index in [2.05, 4.69) is 9.88 Å². The van der Waals surface area contributed by atoms with Gasteiger partial charge in [-0.15, -0.1) is 0 Å². The van der Waals surface area contributed by atoms with Crippen LogP contribution < -0.4 is 4.90 Å². The molecule has 0 saturated carbocycles. The Morgan fingerprint density at radius 2 is 1.95 bits per heavy atom. The van der Waals surface area contributed by atoms with Gasteiger partial charge in [0.1, 0.15) is 11.9 Å². The maximum absolute atomic E-state index is 12.0. The van der Waals surface area contributed by atoms with Crippen LogP contribution in [-0.4, -0.2) is 52.2 Å². The standard InChI is InChI=1S/C15H23N3O2/c1-10-5-6-14(16-7-10)17-8-11(2)18(12(3)9-17)15(20)13(4)19/h5-7,11-13,19H,8-9H2,1-4H3/t11-,12+,13?. The molecule has 1 N–H and O–H groups in total. The number of aliphatic hydroxyl groups excluding tert-OH is 1. The molecule has 1 aliphatic heterocycles. The molecular weight excluding hydrogens is 254 g/mol. The smallest absolute Gasteiger partial charge is 0.251 e. The first-order valence-corrected chi connectivity index (χ1v) is 7.08. The Kier molecular flexibility index (Phi) is 4.28. The van der Waals surface area contributed by atoms with E-state index in [4.69, 9.17) is 0 Å². The van der Waals surface area contributed by atoms with Gasteiger partial charge in [-0.2, -0.15) is 0 Å². The summed E-state index contributed by atoms with van der Waals surface area (Å²) < 4.78 is 0. The predicted octanol–water partition coefficient (Wildman–Crippen LogP) is 1.20. The Labute approximate surface area is 120 Å². The van der Waals surface area contributed by atoms with E-state index in [1.165, 1.54) is 6.92 Å². The summed E-state index contributed by atoms with van der Waals surface area (Å²) in [7, 11) is 0. The summed E-state index contributed by atoms with van der Waals surface area (Å²) in [5, 5.41) is 9.50. The van der Waals surface area contributed by atoms with Gasteiger partial charge in [0, 0.05) is 31.4 Å². The van der Waals surface area contributed by atoms with Crippen molar-refractivity contribution >= 4 is 11.7 Å². The lowest BCUT2D eigenvalue weighted by atomic mass is 10.1. The van der Waals surface area contributed by atoms with Crippen molar-refractivity contribution in [3.63, 3.8) is 0 Å². The Balaban J connectivity index is 2.13. The molecule has 1 aromatic rings. The third-order valence-corrected chi connectivity index (χ3v) is 3.75. The van der Waals surface area contributed by atoms with Crippen LogP contribution in [0.25, 0.3) is 0 Å². The van der Waals surface area contributed by atoms with Crippen molar-refractivity contribution in [1.82, 2.24) is 9.88 Å². The summed E-state index contributed by atoms with van der Waals surface area (Å²) in [6.07, 6.45) is 0.918. The Bertz CT molecular complexity index is 461. The lowest BCUT2D eigenvalue weighted by Gasteiger charge is -2.45. The molecule has 3 atom stereocenters. The van der Waals surface area contributed by atoms with Crippen LogP contribution in [0.2, 0.25) is 0 Å². The van der Waals surface area contributed by atoms with Gasteiger partial charge in [0.15, 0.2) is 0 Å². The molecule has 0 aromatic carbocycles. The van der Waals surface area contributed by atoms with Crippen molar-refractivity contribution < 1.29 is 9.90 Å². The molecule has 0 spiro atoms. The largest absolute Gasteiger partial charge is 0.384 e. The number of aryl methyl sites for hydroxylation is 1. The summed E-state index contributed by atoms with van der Waals surface area (Å²) >= 11 is 0.